The van der Waals surface area contributed by atoms with E-state index in [1.165, 1.54) is 0 Å². The number of carbonyl (C=O) groups is 1. The van der Waals surface area contributed by atoms with Gasteiger partial charge in [-0.1, -0.05) is 26.8 Å². The van der Waals surface area contributed by atoms with Gasteiger partial charge in [-0.15, -0.1) is 0 Å². The predicted molar refractivity (Wildman–Crippen MR) is 76.5 cm³/mol. The van der Waals surface area contributed by atoms with Crippen molar-refractivity contribution in [3.05, 3.63) is 11.8 Å². The molecule has 0 aliphatic carbocycles. The van der Waals surface area contributed by atoms with Crippen LogP contribution in [-0.4, -0.2) is 26.9 Å². The molecule has 0 unspecified atom stereocenters. The van der Waals surface area contributed by atoms with Crippen molar-refractivity contribution >= 4 is 14.2 Å². The lowest BCUT2D eigenvalue weighted by Crippen LogP contribution is -2.55. The highest BCUT2D eigenvalue weighted by atomic mass is 28.4. The van der Waals surface area contributed by atoms with Crippen molar-refractivity contribution in [3.63, 3.8) is 0 Å². The second-order valence-electron chi connectivity index (χ2n) is 6.45. The normalized spacial score (nSPS) is 24.7. The fraction of sp³-hybridized carbons (Fsp3) is 0.769. The topological polar surface area (TPSA) is 64.3 Å². The van der Waals surface area contributed by atoms with Crippen LogP contribution in [0.5, 0.6) is 0 Å². The van der Waals surface area contributed by atoms with Gasteiger partial charge in [0.25, 0.3) is 0 Å². The van der Waals surface area contributed by atoms with Gasteiger partial charge in [0.05, 0.1) is 6.10 Å². The van der Waals surface area contributed by atoms with E-state index in [9.17, 15) is 4.79 Å². The smallest absolute Gasteiger partial charge is 0.235 e. The molecule has 0 aromatic carbocycles. The van der Waals surface area contributed by atoms with Crippen molar-refractivity contribution in [3.8, 4) is 0 Å². The van der Waals surface area contributed by atoms with Crippen molar-refractivity contribution < 1.29 is 9.22 Å². The third-order valence-electron chi connectivity index (χ3n) is 3.98. The van der Waals surface area contributed by atoms with Crippen LogP contribution in [0.2, 0.25) is 18.1 Å². The molecule has 0 bridgehead atoms. The summed E-state index contributed by atoms with van der Waals surface area (Å²) < 4.78 is 6.25. The molecule has 1 amide bonds. The summed E-state index contributed by atoms with van der Waals surface area (Å²) in [7, 11) is -1.83. The predicted octanol–water partition coefficient (Wildman–Crippen LogP) is 1.99. The number of rotatable bonds is 4. The fourth-order valence-corrected chi connectivity index (χ4v) is 3.26. The van der Waals surface area contributed by atoms with Gasteiger partial charge in [-0.05, 0) is 25.1 Å². The zero-order valence-corrected chi connectivity index (χ0v) is 13.3. The molecule has 1 fully saturated rings. The molecule has 0 saturated carbocycles. The van der Waals surface area contributed by atoms with Crippen molar-refractivity contribution in [2.45, 2.75) is 51.9 Å². The molecular formula is C13H26N2O2Si. The average molecular weight is 270 g/mol. The highest BCUT2D eigenvalue weighted by Crippen LogP contribution is 2.39. The van der Waals surface area contributed by atoms with Crippen LogP contribution in [0.15, 0.2) is 11.8 Å². The number of carbonyl (C=O) groups excluding carboxylic acids is 1. The van der Waals surface area contributed by atoms with Crippen LogP contribution in [0.25, 0.3) is 0 Å². The maximum Gasteiger partial charge on any atom is 0.235 e. The van der Waals surface area contributed by atoms with Gasteiger partial charge >= 0.3 is 0 Å². The Kier molecular flexibility index (Phi) is 4.41. The zero-order valence-electron chi connectivity index (χ0n) is 12.3. The molecule has 5 heteroatoms. The molecule has 18 heavy (non-hydrogen) atoms. The van der Waals surface area contributed by atoms with E-state index in [-0.39, 0.29) is 23.0 Å². The lowest BCUT2D eigenvalue weighted by Gasteiger charge is -2.42. The number of β-lactam (4-membered cyclic amide) rings is 1. The lowest BCUT2D eigenvalue weighted by atomic mass is 9.91. The molecule has 1 heterocycles. The minimum atomic E-state index is -1.83. The van der Waals surface area contributed by atoms with E-state index in [1.54, 1.807) is 0 Å². The van der Waals surface area contributed by atoms with Gasteiger partial charge in [0.15, 0.2) is 8.32 Å². The van der Waals surface area contributed by atoms with Gasteiger partial charge in [-0.2, -0.15) is 0 Å². The number of amides is 1. The Balaban J connectivity index is 2.74. The molecule has 0 aromatic rings. The molecule has 1 rings (SSSR count). The summed E-state index contributed by atoms with van der Waals surface area (Å²) in [5.74, 6) is -0.122. The van der Waals surface area contributed by atoms with Crippen LogP contribution in [0.1, 0.15) is 27.7 Å². The number of hydrogen-bond donors (Lipinski definition) is 2. The molecule has 104 valence electrons. The second-order valence-corrected chi connectivity index (χ2v) is 11.2. The standard InChI is InChI=1S/C13H26N2O2Si/c1-9(17-18(5,6)13(2,3)4)11-10(7-8-14)15-12(11)16/h7,9,11H,8,14H2,1-6H3,(H,15,16)/b10-7+/t9-,11-/m1/s1. The Morgan fingerprint density at radius 3 is 2.44 bits per heavy atom. The van der Waals surface area contributed by atoms with Gasteiger partial charge in [0.1, 0.15) is 5.92 Å². The summed E-state index contributed by atoms with van der Waals surface area (Å²) >= 11 is 0. The van der Waals surface area contributed by atoms with Crippen LogP contribution >= 0.6 is 0 Å². The van der Waals surface area contributed by atoms with E-state index in [2.05, 4.69) is 39.2 Å². The molecule has 0 spiro atoms. The van der Waals surface area contributed by atoms with E-state index in [1.807, 2.05) is 13.0 Å². The Labute approximate surface area is 111 Å². The summed E-state index contributed by atoms with van der Waals surface area (Å²) in [4.78, 5) is 11.6. The van der Waals surface area contributed by atoms with Crippen molar-refractivity contribution in [2.75, 3.05) is 6.54 Å². The number of nitrogens with two attached hydrogens (primary N) is 1. The maximum absolute atomic E-state index is 11.6. The second kappa shape index (κ2) is 5.15. The first-order valence-corrected chi connectivity index (χ1v) is 9.40. The molecule has 0 radical (unpaired) electrons. The van der Waals surface area contributed by atoms with Gasteiger partial charge in [-0.3, -0.25) is 4.79 Å². The largest absolute Gasteiger partial charge is 0.413 e. The first-order valence-electron chi connectivity index (χ1n) is 6.49. The third kappa shape index (κ3) is 3.02. The fourth-order valence-electron chi connectivity index (χ4n) is 1.84. The zero-order chi connectivity index (χ0) is 14.1. The summed E-state index contributed by atoms with van der Waals surface area (Å²) in [6.45, 7) is 13.4. The summed E-state index contributed by atoms with van der Waals surface area (Å²) in [6, 6.07) is 0. The SMILES string of the molecule is C[C@@H](O[Si](C)(C)C(C)(C)C)[C@H]1C(=O)N/C1=C/CN. The van der Waals surface area contributed by atoms with Gasteiger partial charge in [0, 0.05) is 12.2 Å². The highest BCUT2D eigenvalue weighted by Gasteiger charge is 2.44. The average Bonchev–Trinajstić information content (AvgIpc) is 2.13. The van der Waals surface area contributed by atoms with E-state index >= 15 is 0 Å². The molecule has 1 aliphatic heterocycles. The van der Waals surface area contributed by atoms with Crippen LogP contribution in [0.3, 0.4) is 0 Å². The maximum atomic E-state index is 11.6. The molecular weight excluding hydrogens is 244 g/mol. The van der Waals surface area contributed by atoms with E-state index in [0.29, 0.717) is 6.54 Å². The van der Waals surface area contributed by atoms with Gasteiger partial charge in [0.2, 0.25) is 5.91 Å². The van der Waals surface area contributed by atoms with Crippen LogP contribution in [0, 0.1) is 5.92 Å². The van der Waals surface area contributed by atoms with E-state index < -0.39 is 8.32 Å². The van der Waals surface area contributed by atoms with Crippen LogP contribution in [-0.2, 0) is 9.22 Å². The summed E-state index contributed by atoms with van der Waals surface area (Å²) in [5.41, 5.74) is 6.39. The molecule has 1 saturated heterocycles. The van der Waals surface area contributed by atoms with Crippen LogP contribution < -0.4 is 11.1 Å². The lowest BCUT2D eigenvalue weighted by molar-refractivity contribution is -0.131. The molecule has 0 aromatic heterocycles. The third-order valence-corrected chi connectivity index (χ3v) is 8.55. The Morgan fingerprint density at radius 2 is 2.06 bits per heavy atom. The summed E-state index contributed by atoms with van der Waals surface area (Å²) in [6.07, 6.45) is 1.77. The van der Waals surface area contributed by atoms with E-state index in [4.69, 9.17) is 10.2 Å². The Hall–Kier alpha value is -0.653. The Morgan fingerprint density at radius 1 is 1.50 bits per heavy atom. The monoisotopic (exact) mass is 270 g/mol. The van der Waals surface area contributed by atoms with Gasteiger partial charge < -0.3 is 15.5 Å². The van der Waals surface area contributed by atoms with Gasteiger partial charge in [-0.25, -0.2) is 0 Å². The minimum absolute atomic E-state index is 0.0425. The minimum Gasteiger partial charge on any atom is -0.413 e. The molecule has 4 nitrogen and oxygen atoms in total. The highest BCUT2D eigenvalue weighted by molar-refractivity contribution is 6.74. The summed E-state index contributed by atoms with van der Waals surface area (Å²) in [5, 5.41) is 2.93. The Bertz CT molecular complexity index is 358. The van der Waals surface area contributed by atoms with Crippen LogP contribution in [0.4, 0.5) is 0 Å². The quantitative estimate of drug-likeness (QED) is 0.606. The van der Waals surface area contributed by atoms with Crippen molar-refractivity contribution in [1.82, 2.24) is 5.32 Å². The van der Waals surface area contributed by atoms with E-state index in [0.717, 1.165) is 5.70 Å². The number of hydrogen-bond acceptors (Lipinski definition) is 3. The number of nitrogens with one attached hydrogen (secondary N) is 1. The van der Waals surface area contributed by atoms with Crippen molar-refractivity contribution in [2.24, 2.45) is 11.7 Å². The first kappa shape index (κ1) is 15.4. The first-order chi connectivity index (χ1) is 8.10. The molecule has 3 N–H and O–H groups in total. The van der Waals surface area contributed by atoms with Crippen molar-refractivity contribution in [1.29, 1.82) is 0 Å². The molecule has 2 atom stereocenters. The molecule has 1 aliphatic rings.